The van der Waals surface area contributed by atoms with Crippen molar-refractivity contribution in [3.05, 3.63) is 0 Å². The maximum absolute atomic E-state index is 11.1. The molecule has 3 saturated carbocycles. The molecule has 2 saturated heterocycles. The fourth-order valence-corrected chi connectivity index (χ4v) is 2.87. The quantitative estimate of drug-likeness (QED) is 0.497. The number of amides is 1. The van der Waals surface area contributed by atoms with Crippen LogP contribution in [0.2, 0.25) is 0 Å². The van der Waals surface area contributed by atoms with E-state index in [9.17, 15) is 4.79 Å². The zero-order valence-electron chi connectivity index (χ0n) is 5.24. The highest BCUT2D eigenvalue weighted by Gasteiger charge is 2.71. The van der Waals surface area contributed by atoms with Gasteiger partial charge in [0.2, 0.25) is 5.91 Å². The van der Waals surface area contributed by atoms with Gasteiger partial charge in [-0.3, -0.25) is 4.79 Å². The molecule has 9 heavy (non-hydrogen) atoms. The summed E-state index contributed by atoms with van der Waals surface area (Å²) < 4.78 is 0. The molecular weight excluding hydrogens is 114 g/mol. The van der Waals surface area contributed by atoms with Gasteiger partial charge in [-0.1, -0.05) is 0 Å². The van der Waals surface area contributed by atoms with Gasteiger partial charge in [0.05, 0.1) is 5.41 Å². The van der Waals surface area contributed by atoms with Gasteiger partial charge in [0.1, 0.15) is 0 Å². The zero-order chi connectivity index (χ0) is 6.11. The fourth-order valence-electron chi connectivity index (χ4n) is 2.87. The van der Waals surface area contributed by atoms with Crippen LogP contribution < -0.4 is 5.32 Å². The van der Waals surface area contributed by atoms with Crippen LogP contribution >= 0.6 is 0 Å². The SMILES string of the molecule is O=C1NC23CCC1(C2)C3. The topological polar surface area (TPSA) is 29.1 Å². The highest BCUT2D eigenvalue weighted by atomic mass is 16.2. The van der Waals surface area contributed by atoms with Crippen molar-refractivity contribution in [3.8, 4) is 0 Å². The number of carbonyl (C=O) groups excluding carboxylic acids is 1. The molecule has 3 aliphatic carbocycles. The molecule has 48 valence electrons. The Bertz CT molecular complexity index is 203. The van der Waals surface area contributed by atoms with Crippen LogP contribution in [0.25, 0.3) is 0 Å². The van der Waals surface area contributed by atoms with Gasteiger partial charge in [-0.05, 0) is 25.7 Å². The number of rotatable bonds is 0. The number of fused-ring (bicyclic) bond motifs is 2. The lowest BCUT2D eigenvalue weighted by Gasteiger charge is -2.32. The van der Waals surface area contributed by atoms with Crippen molar-refractivity contribution < 1.29 is 4.79 Å². The summed E-state index contributed by atoms with van der Waals surface area (Å²) in [5, 5.41) is 3.06. The first-order valence-corrected chi connectivity index (χ1v) is 3.58. The third-order valence-electron chi connectivity index (χ3n) is 3.30. The van der Waals surface area contributed by atoms with Gasteiger partial charge in [-0.15, -0.1) is 0 Å². The Kier molecular flexibility index (Phi) is 0.395. The Labute approximate surface area is 53.6 Å². The predicted molar refractivity (Wildman–Crippen MR) is 31.8 cm³/mol. The maximum atomic E-state index is 11.1. The van der Waals surface area contributed by atoms with E-state index in [0.29, 0.717) is 11.4 Å². The molecule has 0 radical (unpaired) electrons. The molecule has 5 fully saturated rings. The molecule has 2 heterocycles. The summed E-state index contributed by atoms with van der Waals surface area (Å²) in [4.78, 5) is 11.1. The summed E-state index contributed by atoms with van der Waals surface area (Å²) in [6, 6.07) is 0. The maximum Gasteiger partial charge on any atom is 0.226 e. The van der Waals surface area contributed by atoms with E-state index < -0.39 is 0 Å². The third-order valence-corrected chi connectivity index (χ3v) is 3.30. The zero-order valence-corrected chi connectivity index (χ0v) is 5.24. The summed E-state index contributed by atoms with van der Waals surface area (Å²) in [5.41, 5.74) is 0.469. The fraction of sp³-hybridized carbons (Fsp3) is 0.857. The largest absolute Gasteiger partial charge is 0.350 e. The summed E-state index contributed by atoms with van der Waals surface area (Å²) >= 11 is 0. The monoisotopic (exact) mass is 123 g/mol. The third kappa shape index (κ3) is 0.257. The van der Waals surface area contributed by atoms with Gasteiger partial charge < -0.3 is 5.32 Å². The van der Waals surface area contributed by atoms with Crippen molar-refractivity contribution in [3.63, 3.8) is 0 Å². The molecule has 1 N–H and O–H groups in total. The van der Waals surface area contributed by atoms with E-state index in [0.717, 1.165) is 12.8 Å². The van der Waals surface area contributed by atoms with E-state index in [-0.39, 0.29) is 5.41 Å². The van der Waals surface area contributed by atoms with E-state index in [2.05, 4.69) is 5.32 Å². The molecule has 0 aromatic rings. The van der Waals surface area contributed by atoms with Gasteiger partial charge in [0.15, 0.2) is 0 Å². The number of carbonyl (C=O) groups is 1. The van der Waals surface area contributed by atoms with Crippen LogP contribution in [0.5, 0.6) is 0 Å². The lowest BCUT2D eigenvalue weighted by Crippen LogP contribution is -2.39. The first-order valence-electron chi connectivity index (χ1n) is 3.58. The molecule has 2 bridgehead atoms. The Balaban J connectivity index is 2.21. The second-order valence-corrected chi connectivity index (χ2v) is 3.87. The predicted octanol–water partition coefficient (Wildman–Crippen LogP) is 0.429. The summed E-state index contributed by atoms with van der Waals surface area (Å²) in [6.45, 7) is 0. The molecule has 0 aromatic heterocycles. The van der Waals surface area contributed by atoms with E-state index in [1.54, 1.807) is 0 Å². The van der Waals surface area contributed by atoms with Crippen LogP contribution in [0.1, 0.15) is 25.7 Å². The van der Waals surface area contributed by atoms with Gasteiger partial charge >= 0.3 is 0 Å². The van der Waals surface area contributed by atoms with Crippen molar-refractivity contribution >= 4 is 5.91 Å². The van der Waals surface area contributed by atoms with E-state index in [1.165, 1.54) is 12.8 Å². The Hall–Kier alpha value is -0.530. The molecule has 2 aliphatic heterocycles. The van der Waals surface area contributed by atoms with Crippen LogP contribution in [0, 0.1) is 5.41 Å². The van der Waals surface area contributed by atoms with Crippen molar-refractivity contribution in [2.45, 2.75) is 31.2 Å². The van der Waals surface area contributed by atoms with Crippen LogP contribution in [-0.2, 0) is 4.79 Å². The standard InChI is InChI=1S/C7H9NO/c9-5-6-1-2-7(3-6,4-6)8-5/h1-4H2,(H,8,9). The smallest absolute Gasteiger partial charge is 0.226 e. The van der Waals surface area contributed by atoms with Crippen molar-refractivity contribution in [1.29, 1.82) is 0 Å². The summed E-state index contributed by atoms with van der Waals surface area (Å²) in [6.07, 6.45) is 4.72. The first kappa shape index (κ1) is 4.31. The molecule has 0 atom stereocenters. The number of piperidine rings is 1. The van der Waals surface area contributed by atoms with Gasteiger partial charge in [-0.2, -0.15) is 0 Å². The summed E-state index contributed by atoms with van der Waals surface area (Å²) in [7, 11) is 0. The van der Waals surface area contributed by atoms with Crippen molar-refractivity contribution in [2.75, 3.05) is 0 Å². The number of hydrogen-bond donors (Lipinski definition) is 1. The minimum Gasteiger partial charge on any atom is -0.350 e. The van der Waals surface area contributed by atoms with Gasteiger partial charge in [-0.25, -0.2) is 0 Å². The highest BCUT2D eigenvalue weighted by Crippen LogP contribution is 2.66. The lowest BCUT2D eigenvalue weighted by molar-refractivity contribution is -0.126. The van der Waals surface area contributed by atoms with E-state index in [1.807, 2.05) is 0 Å². The molecule has 1 amide bonds. The Morgan fingerprint density at radius 2 is 2.11 bits per heavy atom. The highest BCUT2D eigenvalue weighted by molar-refractivity contribution is 5.91. The first-order chi connectivity index (χ1) is 4.25. The minimum absolute atomic E-state index is 0.153. The van der Waals surface area contributed by atoms with Gasteiger partial charge in [0, 0.05) is 5.54 Å². The van der Waals surface area contributed by atoms with Crippen LogP contribution in [0.15, 0.2) is 0 Å². The van der Waals surface area contributed by atoms with Crippen molar-refractivity contribution in [1.82, 2.24) is 5.32 Å². The second-order valence-electron chi connectivity index (χ2n) is 3.87. The minimum atomic E-state index is 0.153. The molecule has 2 nitrogen and oxygen atoms in total. The average Bonchev–Trinajstić information content (AvgIpc) is 2.27. The molecule has 2 heteroatoms. The molecule has 0 aromatic carbocycles. The molecule has 5 rings (SSSR count). The molecular formula is C7H9NO. The Morgan fingerprint density at radius 1 is 1.33 bits per heavy atom. The normalized spacial score (nSPS) is 59.3. The number of nitrogens with one attached hydrogen (secondary N) is 1. The molecule has 0 unspecified atom stereocenters. The average molecular weight is 123 g/mol. The second kappa shape index (κ2) is 0.825. The van der Waals surface area contributed by atoms with Crippen LogP contribution in [0.3, 0.4) is 0 Å². The van der Waals surface area contributed by atoms with E-state index in [4.69, 9.17) is 0 Å². The molecule has 0 spiro atoms. The Morgan fingerprint density at radius 3 is 2.33 bits per heavy atom. The van der Waals surface area contributed by atoms with Crippen molar-refractivity contribution in [2.24, 2.45) is 5.41 Å². The molecule has 5 aliphatic rings. The lowest BCUT2D eigenvalue weighted by atomic mass is 9.70. The van der Waals surface area contributed by atoms with Gasteiger partial charge in [0.25, 0.3) is 0 Å². The summed E-state index contributed by atoms with van der Waals surface area (Å²) in [5.74, 6) is 0.341. The van der Waals surface area contributed by atoms with E-state index >= 15 is 0 Å². The van der Waals surface area contributed by atoms with Crippen LogP contribution in [0.4, 0.5) is 0 Å². The van der Waals surface area contributed by atoms with Crippen LogP contribution in [-0.4, -0.2) is 11.4 Å². The number of hydrogen-bond acceptors (Lipinski definition) is 1.